The minimum absolute atomic E-state index is 0.154. The molecule has 0 spiro atoms. The first-order valence-electron chi connectivity index (χ1n) is 5.37. The Morgan fingerprint density at radius 3 is 2.75 bits per heavy atom. The maximum Gasteiger partial charge on any atom is 0.160 e. The highest BCUT2D eigenvalue weighted by Crippen LogP contribution is 2.32. The highest BCUT2D eigenvalue weighted by Gasteiger charge is 2.08. The van der Waals surface area contributed by atoms with Crippen LogP contribution in [0.5, 0.6) is 11.5 Å². The fourth-order valence-corrected chi connectivity index (χ4v) is 1.78. The molecule has 16 heavy (non-hydrogen) atoms. The van der Waals surface area contributed by atoms with Crippen molar-refractivity contribution in [2.24, 2.45) is 0 Å². The van der Waals surface area contributed by atoms with Crippen LogP contribution in [0.4, 0.5) is 0 Å². The van der Waals surface area contributed by atoms with E-state index in [1.807, 2.05) is 6.07 Å². The Morgan fingerprint density at radius 1 is 1.50 bits per heavy atom. The van der Waals surface area contributed by atoms with Crippen LogP contribution in [0.25, 0.3) is 0 Å². The van der Waals surface area contributed by atoms with Crippen molar-refractivity contribution in [2.45, 2.75) is 32.9 Å². The summed E-state index contributed by atoms with van der Waals surface area (Å²) in [5, 5.41) is 13.0. The Kier molecular flexibility index (Phi) is 5.09. The number of benzene rings is 1. The van der Waals surface area contributed by atoms with Gasteiger partial charge in [0.05, 0.1) is 7.11 Å². The second-order valence-corrected chi connectivity index (χ2v) is 4.66. The Labute approximate surface area is 105 Å². The molecular formula is C12H18BrNO2. The van der Waals surface area contributed by atoms with Crippen molar-refractivity contribution in [3.8, 4) is 11.5 Å². The summed E-state index contributed by atoms with van der Waals surface area (Å²) < 4.78 is 5.97. The van der Waals surface area contributed by atoms with Crippen molar-refractivity contribution in [3.63, 3.8) is 0 Å². The Bertz CT molecular complexity index is 355. The quantitative estimate of drug-likeness (QED) is 0.875. The molecule has 1 atom stereocenters. The second-order valence-electron chi connectivity index (χ2n) is 3.81. The standard InChI is InChI=1S/C12H18BrNO2/c1-4-8(2)14-7-9-5-12(16-3)11(15)6-10(9)13/h5-6,8,14-15H,4,7H2,1-3H3. The summed E-state index contributed by atoms with van der Waals surface area (Å²) in [6.07, 6.45) is 1.09. The molecule has 0 saturated heterocycles. The van der Waals surface area contributed by atoms with E-state index >= 15 is 0 Å². The topological polar surface area (TPSA) is 41.5 Å². The lowest BCUT2D eigenvalue weighted by Gasteiger charge is -2.13. The third-order valence-electron chi connectivity index (χ3n) is 2.60. The summed E-state index contributed by atoms with van der Waals surface area (Å²) in [7, 11) is 1.55. The maximum absolute atomic E-state index is 9.56. The van der Waals surface area contributed by atoms with Gasteiger partial charge >= 0.3 is 0 Å². The van der Waals surface area contributed by atoms with Crippen LogP contribution in [0.3, 0.4) is 0 Å². The Hall–Kier alpha value is -0.740. The number of phenolic OH excluding ortho intramolecular Hbond substituents is 1. The molecule has 0 saturated carbocycles. The van der Waals surface area contributed by atoms with Crippen molar-refractivity contribution < 1.29 is 9.84 Å². The molecule has 4 heteroatoms. The second kappa shape index (κ2) is 6.11. The molecule has 0 bridgehead atoms. The molecule has 0 radical (unpaired) electrons. The summed E-state index contributed by atoms with van der Waals surface area (Å²) in [5.74, 6) is 0.658. The smallest absolute Gasteiger partial charge is 0.160 e. The van der Waals surface area contributed by atoms with Gasteiger partial charge in [0.15, 0.2) is 11.5 Å². The van der Waals surface area contributed by atoms with Gasteiger partial charge in [-0.2, -0.15) is 0 Å². The summed E-state index contributed by atoms with van der Waals surface area (Å²) >= 11 is 3.43. The average molecular weight is 288 g/mol. The fourth-order valence-electron chi connectivity index (χ4n) is 1.31. The monoisotopic (exact) mass is 287 g/mol. The van der Waals surface area contributed by atoms with Gasteiger partial charge in [0, 0.05) is 17.1 Å². The number of nitrogens with one attached hydrogen (secondary N) is 1. The molecule has 1 unspecified atom stereocenters. The van der Waals surface area contributed by atoms with Crippen LogP contribution >= 0.6 is 15.9 Å². The predicted octanol–water partition coefficient (Wildman–Crippen LogP) is 3.05. The first-order valence-corrected chi connectivity index (χ1v) is 6.16. The maximum atomic E-state index is 9.56. The first-order chi connectivity index (χ1) is 7.58. The lowest BCUT2D eigenvalue weighted by molar-refractivity contribution is 0.372. The summed E-state index contributed by atoms with van der Waals surface area (Å²) in [4.78, 5) is 0. The third kappa shape index (κ3) is 3.39. The van der Waals surface area contributed by atoms with Crippen molar-refractivity contribution in [2.75, 3.05) is 7.11 Å². The van der Waals surface area contributed by atoms with Gasteiger partial charge in [-0.15, -0.1) is 0 Å². The number of rotatable bonds is 5. The molecule has 0 amide bonds. The van der Waals surface area contributed by atoms with E-state index in [1.165, 1.54) is 0 Å². The lowest BCUT2D eigenvalue weighted by atomic mass is 10.2. The minimum Gasteiger partial charge on any atom is -0.504 e. The van der Waals surface area contributed by atoms with E-state index in [9.17, 15) is 5.11 Å². The van der Waals surface area contributed by atoms with Crippen LogP contribution in [0.2, 0.25) is 0 Å². The third-order valence-corrected chi connectivity index (χ3v) is 3.34. The van der Waals surface area contributed by atoms with Crippen molar-refractivity contribution in [1.82, 2.24) is 5.32 Å². The molecule has 0 aliphatic rings. The molecule has 2 N–H and O–H groups in total. The molecule has 3 nitrogen and oxygen atoms in total. The largest absolute Gasteiger partial charge is 0.504 e. The number of halogens is 1. The molecule has 0 aliphatic heterocycles. The van der Waals surface area contributed by atoms with Crippen LogP contribution in [0, 0.1) is 0 Å². The van der Waals surface area contributed by atoms with Crippen molar-refractivity contribution >= 4 is 15.9 Å². The molecule has 0 aromatic heterocycles. The van der Waals surface area contributed by atoms with E-state index in [4.69, 9.17) is 4.74 Å². The molecule has 0 heterocycles. The summed E-state index contributed by atoms with van der Waals surface area (Å²) in [6, 6.07) is 3.98. The van der Waals surface area contributed by atoms with Gasteiger partial charge in [-0.3, -0.25) is 0 Å². The van der Waals surface area contributed by atoms with Crippen LogP contribution < -0.4 is 10.1 Å². The van der Waals surface area contributed by atoms with E-state index < -0.39 is 0 Å². The van der Waals surface area contributed by atoms with E-state index in [1.54, 1.807) is 13.2 Å². The highest BCUT2D eigenvalue weighted by atomic mass is 79.9. The Balaban J connectivity index is 2.79. The van der Waals surface area contributed by atoms with E-state index in [0.717, 1.165) is 23.0 Å². The van der Waals surface area contributed by atoms with Crippen molar-refractivity contribution in [3.05, 3.63) is 22.2 Å². The van der Waals surface area contributed by atoms with Gasteiger partial charge in [-0.1, -0.05) is 22.9 Å². The molecule has 0 aliphatic carbocycles. The average Bonchev–Trinajstić information content (AvgIpc) is 2.27. The van der Waals surface area contributed by atoms with Gasteiger partial charge < -0.3 is 15.2 Å². The van der Waals surface area contributed by atoms with E-state index in [2.05, 4.69) is 35.1 Å². The normalized spacial score (nSPS) is 12.5. The molecule has 90 valence electrons. The minimum atomic E-state index is 0.154. The van der Waals surface area contributed by atoms with Crippen LogP contribution in [0.15, 0.2) is 16.6 Å². The number of ether oxygens (including phenoxy) is 1. The molecule has 0 fully saturated rings. The summed E-state index contributed by atoms with van der Waals surface area (Å²) in [6.45, 7) is 5.04. The fraction of sp³-hybridized carbons (Fsp3) is 0.500. The van der Waals surface area contributed by atoms with E-state index in [0.29, 0.717) is 11.8 Å². The van der Waals surface area contributed by atoms with Crippen LogP contribution in [0.1, 0.15) is 25.8 Å². The van der Waals surface area contributed by atoms with Gasteiger partial charge in [0.2, 0.25) is 0 Å². The van der Waals surface area contributed by atoms with Crippen LogP contribution in [-0.4, -0.2) is 18.3 Å². The van der Waals surface area contributed by atoms with E-state index in [-0.39, 0.29) is 5.75 Å². The number of hydrogen-bond donors (Lipinski definition) is 2. The number of methoxy groups -OCH3 is 1. The van der Waals surface area contributed by atoms with Crippen molar-refractivity contribution in [1.29, 1.82) is 0 Å². The lowest BCUT2D eigenvalue weighted by Crippen LogP contribution is -2.24. The molecular weight excluding hydrogens is 270 g/mol. The molecule has 1 aromatic rings. The predicted molar refractivity (Wildman–Crippen MR) is 69.0 cm³/mol. The van der Waals surface area contributed by atoms with Gasteiger partial charge in [-0.05, 0) is 31.0 Å². The SMILES string of the molecule is CCC(C)NCc1cc(OC)c(O)cc1Br. The number of aromatic hydroxyl groups is 1. The highest BCUT2D eigenvalue weighted by molar-refractivity contribution is 9.10. The van der Waals surface area contributed by atoms with Gasteiger partial charge in [-0.25, -0.2) is 0 Å². The first kappa shape index (κ1) is 13.3. The summed E-state index contributed by atoms with van der Waals surface area (Å²) in [5.41, 5.74) is 1.08. The number of hydrogen-bond acceptors (Lipinski definition) is 3. The Morgan fingerprint density at radius 2 is 2.19 bits per heavy atom. The zero-order chi connectivity index (χ0) is 12.1. The number of phenols is 1. The molecule has 1 aromatic carbocycles. The van der Waals surface area contributed by atoms with Gasteiger partial charge in [0.25, 0.3) is 0 Å². The zero-order valence-corrected chi connectivity index (χ0v) is 11.5. The zero-order valence-electron chi connectivity index (χ0n) is 9.88. The van der Waals surface area contributed by atoms with Crippen LogP contribution in [-0.2, 0) is 6.54 Å². The van der Waals surface area contributed by atoms with Gasteiger partial charge in [0.1, 0.15) is 0 Å². The molecule has 1 rings (SSSR count).